The topological polar surface area (TPSA) is 126 Å². The van der Waals surface area contributed by atoms with Crippen LogP contribution in [-0.4, -0.2) is 61.5 Å². The molecule has 2 aromatic carbocycles. The van der Waals surface area contributed by atoms with Crippen LogP contribution in [0.4, 0.5) is 29.7 Å². The number of rotatable bonds is 9. The number of nitrogens with zero attached hydrogens (tertiary/aromatic N) is 2. The van der Waals surface area contributed by atoms with Gasteiger partial charge in [-0.15, -0.1) is 22.7 Å². The van der Waals surface area contributed by atoms with Crippen molar-refractivity contribution in [2.75, 3.05) is 50.0 Å². The molecule has 2 saturated heterocycles. The van der Waals surface area contributed by atoms with Crippen LogP contribution in [0.1, 0.15) is 37.8 Å². The van der Waals surface area contributed by atoms with Crippen LogP contribution in [0.2, 0.25) is 0 Å². The molecule has 4 heterocycles. The van der Waals surface area contributed by atoms with Crippen molar-refractivity contribution in [1.82, 2.24) is 20.6 Å². The predicted octanol–water partition coefficient (Wildman–Crippen LogP) is 7.65. The summed E-state index contributed by atoms with van der Waals surface area (Å²) in [5, 5.41) is 16.6. The van der Waals surface area contributed by atoms with Gasteiger partial charge in [-0.3, -0.25) is 10.6 Å². The maximum absolute atomic E-state index is 12.7. The average Bonchev–Trinajstić information content (AvgIpc) is 3.82. The van der Waals surface area contributed by atoms with Crippen molar-refractivity contribution in [3.8, 4) is 21.1 Å². The molecule has 4 aromatic rings. The minimum absolute atomic E-state index is 0.261. The van der Waals surface area contributed by atoms with Gasteiger partial charge in [-0.1, -0.05) is 24.3 Å². The fraction of sp³-hybridized carbons (Fsp3) is 0.394. The first-order chi connectivity index (χ1) is 23.0. The fourth-order valence-corrected chi connectivity index (χ4v) is 6.73. The lowest BCUT2D eigenvalue weighted by molar-refractivity contribution is 0.130. The lowest BCUT2D eigenvalue weighted by Crippen LogP contribution is -2.31. The van der Waals surface area contributed by atoms with E-state index in [0.29, 0.717) is 41.3 Å². The lowest BCUT2D eigenvalue weighted by Gasteiger charge is -2.22. The highest BCUT2D eigenvalue weighted by molar-refractivity contribution is 7.13. The number of hydrogen-bond donors (Lipinski definition) is 4. The summed E-state index contributed by atoms with van der Waals surface area (Å²) in [7, 11) is 0. The van der Waals surface area contributed by atoms with Crippen LogP contribution in [0.15, 0.2) is 65.5 Å². The number of benzene rings is 2. The molecule has 14 heteroatoms. The highest BCUT2D eigenvalue weighted by atomic mass is 32.1. The minimum atomic E-state index is -2.61. The Hall–Kier alpha value is -3.98. The van der Waals surface area contributed by atoms with E-state index < -0.39 is 18.6 Å². The Morgan fingerprint density at radius 1 is 0.787 bits per heavy atom. The van der Waals surface area contributed by atoms with Gasteiger partial charge in [0.25, 0.3) is 6.43 Å². The van der Waals surface area contributed by atoms with Crippen LogP contribution in [0.5, 0.6) is 0 Å². The number of thiazole rings is 2. The van der Waals surface area contributed by atoms with Crippen molar-refractivity contribution >= 4 is 46.2 Å². The first-order valence-corrected chi connectivity index (χ1v) is 17.3. The van der Waals surface area contributed by atoms with Gasteiger partial charge in [0.2, 0.25) is 0 Å². The molecule has 2 fully saturated rings. The molecule has 2 amide bonds. The second kappa shape index (κ2) is 17.8. The molecule has 0 bridgehead atoms. The fourth-order valence-electron chi connectivity index (χ4n) is 5.20. The molecule has 4 N–H and O–H groups in total. The summed E-state index contributed by atoms with van der Waals surface area (Å²) in [6.07, 6.45) is 2.29. The molecule has 10 nitrogen and oxygen atoms in total. The lowest BCUT2D eigenvalue weighted by atomic mass is 9.99. The van der Waals surface area contributed by atoms with Crippen LogP contribution < -0.4 is 21.3 Å². The molecule has 6 rings (SSSR count). The molecular formula is C33H38F2N6O4S2. The Bertz CT molecular complexity index is 1560. The van der Waals surface area contributed by atoms with Gasteiger partial charge in [0.15, 0.2) is 0 Å². The van der Waals surface area contributed by atoms with Gasteiger partial charge in [0.05, 0.1) is 24.6 Å². The van der Waals surface area contributed by atoms with Gasteiger partial charge < -0.3 is 20.1 Å². The van der Waals surface area contributed by atoms with Crippen molar-refractivity contribution in [3.63, 3.8) is 0 Å². The summed E-state index contributed by atoms with van der Waals surface area (Å²) in [6.45, 7) is 4.74. The average molecular weight is 685 g/mol. The summed E-state index contributed by atoms with van der Waals surface area (Å²) in [6, 6.07) is 14.6. The number of nitrogens with one attached hydrogen (secondary N) is 4. The summed E-state index contributed by atoms with van der Waals surface area (Å²) >= 11 is 2.66. The van der Waals surface area contributed by atoms with E-state index in [4.69, 9.17) is 9.47 Å². The SMILES string of the molecule is O=C(Nc1ccccc1-c1nc(C(F)F)cs1)OCC1CCNCC1.O=C(Nc1ccccc1-c1nccs1)OCC1CCNCC1. The van der Waals surface area contributed by atoms with Crippen molar-refractivity contribution in [3.05, 3.63) is 71.2 Å². The first-order valence-electron chi connectivity index (χ1n) is 15.6. The number of amides is 2. The Labute approximate surface area is 280 Å². The van der Waals surface area contributed by atoms with Gasteiger partial charge in [0.1, 0.15) is 15.7 Å². The Kier molecular flexibility index (Phi) is 13.0. The van der Waals surface area contributed by atoms with E-state index in [1.54, 1.807) is 41.8 Å². The second-order valence-electron chi connectivity index (χ2n) is 11.1. The number of halogens is 2. The third-order valence-electron chi connectivity index (χ3n) is 7.78. The van der Waals surface area contributed by atoms with E-state index in [0.717, 1.165) is 79.5 Å². The number of anilines is 2. The number of alkyl halides is 2. The minimum Gasteiger partial charge on any atom is -0.449 e. The number of hydrogen-bond acceptors (Lipinski definition) is 10. The van der Waals surface area contributed by atoms with E-state index in [9.17, 15) is 18.4 Å². The van der Waals surface area contributed by atoms with Crippen molar-refractivity contribution in [1.29, 1.82) is 0 Å². The molecule has 0 unspecified atom stereocenters. The Morgan fingerprint density at radius 2 is 1.30 bits per heavy atom. The second-order valence-corrected chi connectivity index (χ2v) is 12.9. The molecule has 47 heavy (non-hydrogen) atoms. The third-order valence-corrected chi connectivity index (χ3v) is 9.48. The third kappa shape index (κ3) is 10.5. The van der Waals surface area contributed by atoms with Crippen molar-refractivity contribution in [2.45, 2.75) is 32.1 Å². The van der Waals surface area contributed by atoms with Crippen LogP contribution in [-0.2, 0) is 9.47 Å². The van der Waals surface area contributed by atoms with E-state index in [1.807, 2.05) is 29.6 Å². The standard InChI is InChI=1S/C17H19F2N3O2S.C16H19N3O2S/c18-15(19)14-10-25-16(21-14)12-3-1-2-4-13(12)22-17(23)24-9-11-5-7-20-8-6-11;20-16(21-11-12-5-7-17-8-6-12)19-14-4-2-1-3-13(14)15-18-9-10-22-15/h1-4,10-11,15,20H,5-9H2,(H,22,23);1-4,9-10,12,17H,5-8,11H2,(H,19,20). The number of aromatic nitrogens is 2. The quantitative estimate of drug-likeness (QED) is 0.142. The van der Waals surface area contributed by atoms with Gasteiger partial charge in [0, 0.05) is 28.1 Å². The summed E-state index contributed by atoms with van der Waals surface area (Å²) in [5.41, 5.74) is 2.47. The monoisotopic (exact) mass is 684 g/mol. The molecule has 2 aliphatic rings. The highest BCUT2D eigenvalue weighted by Gasteiger charge is 2.19. The van der Waals surface area contributed by atoms with E-state index in [1.165, 1.54) is 5.38 Å². The molecule has 0 atom stereocenters. The first kappa shape index (κ1) is 34.4. The Balaban J connectivity index is 0.000000186. The van der Waals surface area contributed by atoms with Gasteiger partial charge >= 0.3 is 12.2 Å². The zero-order valence-electron chi connectivity index (χ0n) is 25.8. The van der Waals surface area contributed by atoms with E-state index in [2.05, 4.69) is 31.2 Å². The maximum Gasteiger partial charge on any atom is 0.411 e. The van der Waals surface area contributed by atoms with Crippen LogP contribution >= 0.6 is 22.7 Å². The molecule has 250 valence electrons. The zero-order chi connectivity index (χ0) is 32.8. The van der Waals surface area contributed by atoms with Crippen LogP contribution in [0.25, 0.3) is 21.1 Å². The number of ether oxygens (including phenoxy) is 2. The number of piperidine rings is 2. The summed E-state index contributed by atoms with van der Waals surface area (Å²) < 4.78 is 36.1. The Morgan fingerprint density at radius 3 is 1.77 bits per heavy atom. The van der Waals surface area contributed by atoms with E-state index >= 15 is 0 Å². The maximum atomic E-state index is 12.7. The normalized spacial score (nSPS) is 15.4. The molecule has 0 radical (unpaired) electrons. The van der Waals surface area contributed by atoms with Crippen LogP contribution in [0.3, 0.4) is 0 Å². The smallest absolute Gasteiger partial charge is 0.411 e. The largest absolute Gasteiger partial charge is 0.449 e. The summed E-state index contributed by atoms with van der Waals surface area (Å²) in [4.78, 5) is 32.3. The number of carbonyl (C=O) groups is 2. The van der Waals surface area contributed by atoms with Crippen molar-refractivity contribution in [2.24, 2.45) is 11.8 Å². The summed E-state index contributed by atoms with van der Waals surface area (Å²) in [5.74, 6) is 0.830. The van der Waals surface area contributed by atoms with Gasteiger partial charge in [-0.05, 0) is 88.0 Å². The molecule has 2 aromatic heterocycles. The molecule has 0 saturated carbocycles. The highest BCUT2D eigenvalue weighted by Crippen LogP contribution is 2.33. The molecular weight excluding hydrogens is 647 g/mol. The molecule has 0 spiro atoms. The van der Waals surface area contributed by atoms with Crippen LogP contribution in [0, 0.1) is 11.8 Å². The predicted molar refractivity (Wildman–Crippen MR) is 181 cm³/mol. The number of carbonyl (C=O) groups excluding carboxylic acids is 2. The zero-order valence-corrected chi connectivity index (χ0v) is 27.4. The molecule has 2 aliphatic heterocycles. The molecule has 0 aliphatic carbocycles. The van der Waals surface area contributed by atoms with Gasteiger partial charge in [-0.25, -0.2) is 28.3 Å². The van der Waals surface area contributed by atoms with Crippen molar-refractivity contribution < 1.29 is 27.8 Å². The van der Waals surface area contributed by atoms with E-state index in [-0.39, 0.29) is 5.69 Å². The van der Waals surface area contributed by atoms with Gasteiger partial charge in [-0.2, -0.15) is 0 Å². The number of para-hydroxylation sites is 2.